The third-order valence-corrected chi connectivity index (χ3v) is 5.66. The summed E-state index contributed by atoms with van der Waals surface area (Å²) in [4.78, 5) is 25.4. The SMILES string of the molecule is CC(C)N(C)c1ccc(CSC[C@H](NC(=O)[C@H](C)CS)C(=O)O)cc1. The van der Waals surface area contributed by atoms with Crippen molar-refractivity contribution in [3.63, 3.8) is 0 Å². The maximum Gasteiger partial charge on any atom is 0.327 e. The molecule has 0 aliphatic carbocycles. The first-order valence-corrected chi connectivity index (χ1v) is 10.1. The Morgan fingerprint density at radius 2 is 1.84 bits per heavy atom. The van der Waals surface area contributed by atoms with Crippen molar-refractivity contribution in [2.24, 2.45) is 5.92 Å². The first-order chi connectivity index (χ1) is 11.8. The van der Waals surface area contributed by atoms with E-state index < -0.39 is 12.0 Å². The van der Waals surface area contributed by atoms with Gasteiger partial charge in [-0.05, 0) is 31.5 Å². The Labute approximate surface area is 160 Å². The van der Waals surface area contributed by atoms with Crippen molar-refractivity contribution in [1.82, 2.24) is 5.32 Å². The highest BCUT2D eigenvalue weighted by atomic mass is 32.2. The van der Waals surface area contributed by atoms with E-state index in [1.165, 1.54) is 11.8 Å². The highest BCUT2D eigenvalue weighted by molar-refractivity contribution is 7.98. The zero-order valence-electron chi connectivity index (χ0n) is 15.2. The first kappa shape index (κ1) is 21.7. The normalized spacial score (nSPS) is 13.4. The lowest BCUT2D eigenvalue weighted by Gasteiger charge is -2.23. The summed E-state index contributed by atoms with van der Waals surface area (Å²) in [7, 11) is 2.06. The summed E-state index contributed by atoms with van der Waals surface area (Å²) in [6.45, 7) is 6.00. The van der Waals surface area contributed by atoms with E-state index in [0.29, 0.717) is 23.3 Å². The van der Waals surface area contributed by atoms with Crippen LogP contribution in [0.5, 0.6) is 0 Å². The quantitative estimate of drug-likeness (QED) is 0.541. The second-order valence-corrected chi connectivity index (χ2v) is 7.76. The van der Waals surface area contributed by atoms with Gasteiger partial charge in [-0.25, -0.2) is 4.79 Å². The number of carboxylic acids is 1. The monoisotopic (exact) mass is 384 g/mol. The molecule has 7 heteroatoms. The lowest BCUT2D eigenvalue weighted by molar-refractivity contribution is -0.141. The van der Waals surface area contributed by atoms with Crippen molar-refractivity contribution in [2.75, 3.05) is 23.5 Å². The largest absolute Gasteiger partial charge is 0.480 e. The van der Waals surface area contributed by atoms with Crippen molar-refractivity contribution in [3.8, 4) is 0 Å². The number of carbonyl (C=O) groups is 2. The van der Waals surface area contributed by atoms with Gasteiger partial charge >= 0.3 is 5.97 Å². The summed E-state index contributed by atoms with van der Waals surface area (Å²) < 4.78 is 0. The fourth-order valence-corrected chi connectivity index (χ4v) is 3.17. The molecule has 0 spiro atoms. The lowest BCUT2D eigenvalue weighted by Crippen LogP contribution is -2.45. The molecule has 1 aromatic carbocycles. The Kier molecular flexibility index (Phi) is 9.21. The minimum Gasteiger partial charge on any atom is -0.480 e. The predicted molar refractivity (Wildman–Crippen MR) is 109 cm³/mol. The number of carboxylic acid groups (broad SMARTS) is 1. The van der Waals surface area contributed by atoms with Crippen LogP contribution in [0.3, 0.4) is 0 Å². The highest BCUT2D eigenvalue weighted by Gasteiger charge is 2.22. The van der Waals surface area contributed by atoms with Gasteiger partial charge in [0.1, 0.15) is 6.04 Å². The molecular weight excluding hydrogens is 356 g/mol. The molecule has 1 amide bonds. The van der Waals surface area contributed by atoms with Gasteiger partial charge in [0.05, 0.1) is 0 Å². The number of hydrogen-bond acceptors (Lipinski definition) is 5. The molecule has 0 radical (unpaired) electrons. The number of hydrogen-bond donors (Lipinski definition) is 3. The third-order valence-electron chi connectivity index (χ3n) is 4.01. The molecule has 2 N–H and O–H groups in total. The molecule has 0 aliphatic rings. The van der Waals surface area contributed by atoms with Crippen molar-refractivity contribution in [2.45, 2.75) is 38.6 Å². The lowest BCUT2D eigenvalue weighted by atomic mass is 10.2. The first-order valence-electron chi connectivity index (χ1n) is 8.29. The fourth-order valence-electron chi connectivity index (χ4n) is 1.99. The molecule has 1 aromatic rings. The van der Waals surface area contributed by atoms with E-state index in [1.54, 1.807) is 6.92 Å². The van der Waals surface area contributed by atoms with Crippen LogP contribution in [0.4, 0.5) is 5.69 Å². The van der Waals surface area contributed by atoms with Crippen molar-refractivity contribution in [3.05, 3.63) is 29.8 Å². The molecule has 0 heterocycles. The minimum absolute atomic E-state index is 0.274. The predicted octanol–water partition coefficient (Wildman–Crippen LogP) is 2.90. The third kappa shape index (κ3) is 7.20. The van der Waals surface area contributed by atoms with Crippen LogP contribution in [0.25, 0.3) is 0 Å². The van der Waals surface area contributed by atoms with Gasteiger partial charge in [0, 0.05) is 42.0 Å². The van der Waals surface area contributed by atoms with Crippen LogP contribution in [-0.2, 0) is 15.3 Å². The van der Waals surface area contributed by atoms with Gasteiger partial charge in [-0.1, -0.05) is 19.1 Å². The molecule has 0 aromatic heterocycles. The van der Waals surface area contributed by atoms with Crippen LogP contribution in [0.1, 0.15) is 26.3 Å². The summed E-state index contributed by atoms with van der Waals surface area (Å²) in [5, 5.41) is 11.8. The minimum atomic E-state index is -1.01. The van der Waals surface area contributed by atoms with Crippen molar-refractivity contribution >= 4 is 42.0 Å². The van der Waals surface area contributed by atoms with Crippen molar-refractivity contribution in [1.29, 1.82) is 0 Å². The highest BCUT2D eigenvalue weighted by Crippen LogP contribution is 2.19. The Morgan fingerprint density at radius 3 is 2.32 bits per heavy atom. The molecule has 1 rings (SSSR count). The van der Waals surface area contributed by atoms with Crippen LogP contribution in [0.2, 0.25) is 0 Å². The van der Waals surface area contributed by atoms with Gasteiger partial charge in [0.15, 0.2) is 0 Å². The molecule has 2 atom stereocenters. The van der Waals surface area contributed by atoms with E-state index in [4.69, 9.17) is 0 Å². The van der Waals surface area contributed by atoms with E-state index >= 15 is 0 Å². The average molecular weight is 385 g/mol. The van der Waals surface area contributed by atoms with Crippen LogP contribution in [0, 0.1) is 5.92 Å². The summed E-state index contributed by atoms with van der Waals surface area (Å²) >= 11 is 5.56. The molecule has 0 saturated heterocycles. The Balaban J connectivity index is 2.53. The number of amides is 1. The number of carbonyl (C=O) groups excluding carboxylic acids is 1. The van der Waals surface area contributed by atoms with Crippen LogP contribution < -0.4 is 10.2 Å². The van der Waals surface area contributed by atoms with E-state index in [0.717, 1.165) is 11.3 Å². The summed E-state index contributed by atoms with van der Waals surface area (Å²) in [5.41, 5.74) is 2.28. The molecular formula is C18H28N2O3S2. The summed E-state index contributed by atoms with van der Waals surface area (Å²) in [6, 6.07) is 7.80. The van der Waals surface area contributed by atoms with Crippen LogP contribution in [0.15, 0.2) is 24.3 Å². The molecule has 5 nitrogen and oxygen atoms in total. The van der Waals surface area contributed by atoms with Gasteiger partial charge in [-0.15, -0.1) is 0 Å². The number of thiol groups is 1. The Hall–Kier alpha value is -1.34. The number of thioether (sulfide) groups is 1. The Morgan fingerprint density at radius 1 is 1.24 bits per heavy atom. The number of benzene rings is 1. The van der Waals surface area contributed by atoms with E-state index in [2.05, 4.69) is 68.0 Å². The number of rotatable bonds is 10. The van der Waals surface area contributed by atoms with Gasteiger partial charge in [0.25, 0.3) is 0 Å². The van der Waals surface area contributed by atoms with E-state index in [1.807, 2.05) is 0 Å². The molecule has 0 bridgehead atoms. The summed E-state index contributed by atoms with van der Waals surface area (Å²) in [6.07, 6.45) is 0. The molecule has 0 saturated carbocycles. The smallest absolute Gasteiger partial charge is 0.327 e. The maximum absolute atomic E-state index is 11.8. The zero-order valence-corrected chi connectivity index (χ0v) is 16.9. The molecule has 0 aliphatic heterocycles. The van der Waals surface area contributed by atoms with Gasteiger partial charge < -0.3 is 15.3 Å². The second-order valence-electron chi connectivity index (χ2n) is 6.37. The molecule has 0 unspecified atom stereocenters. The number of nitrogens with zero attached hydrogens (tertiary/aromatic N) is 1. The second kappa shape index (κ2) is 10.6. The molecule has 140 valence electrons. The standard InChI is InChI=1S/C18H28N2O3S2/c1-12(2)20(4)15-7-5-14(6-8-15)10-25-11-16(18(22)23)19-17(21)13(3)9-24/h5-8,12-13,16,24H,9-11H2,1-4H3,(H,19,21)(H,22,23)/t13-,16+/m1/s1. The number of aliphatic carboxylic acids is 1. The van der Waals surface area contributed by atoms with Gasteiger partial charge in [-0.2, -0.15) is 24.4 Å². The fraction of sp³-hybridized carbons (Fsp3) is 0.556. The Bertz CT molecular complexity index is 564. The van der Waals surface area contributed by atoms with E-state index in [9.17, 15) is 14.7 Å². The van der Waals surface area contributed by atoms with Gasteiger partial charge in [0.2, 0.25) is 5.91 Å². The molecule has 0 fully saturated rings. The summed E-state index contributed by atoms with van der Waals surface area (Å²) in [5.74, 6) is -0.171. The average Bonchev–Trinajstić information content (AvgIpc) is 2.59. The van der Waals surface area contributed by atoms with Crippen LogP contribution in [-0.4, -0.2) is 47.6 Å². The van der Waals surface area contributed by atoms with E-state index in [-0.39, 0.29) is 11.8 Å². The number of anilines is 1. The zero-order chi connectivity index (χ0) is 19.0. The van der Waals surface area contributed by atoms with Crippen LogP contribution >= 0.6 is 24.4 Å². The number of nitrogens with one attached hydrogen (secondary N) is 1. The topological polar surface area (TPSA) is 69.6 Å². The van der Waals surface area contributed by atoms with Gasteiger partial charge in [-0.3, -0.25) is 4.79 Å². The molecule has 25 heavy (non-hydrogen) atoms. The van der Waals surface area contributed by atoms with Crippen molar-refractivity contribution < 1.29 is 14.7 Å². The maximum atomic E-state index is 11.8.